The van der Waals surface area contributed by atoms with E-state index < -0.39 is 5.97 Å². The van der Waals surface area contributed by atoms with E-state index in [1.54, 1.807) is 12.2 Å². The van der Waals surface area contributed by atoms with Crippen molar-refractivity contribution in [2.75, 3.05) is 6.79 Å². The van der Waals surface area contributed by atoms with Gasteiger partial charge in [0.15, 0.2) is 11.5 Å². The van der Waals surface area contributed by atoms with E-state index in [-0.39, 0.29) is 12.7 Å². The molecule has 2 aromatic rings. The highest BCUT2D eigenvalue weighted by Gasteiger charge is 2.12. The fourth-order valence-electron chi connectivity index (χ4n) is 2.67. The Bertz CT molecular complexity index is 862. The molecule has 0 spiro atoms. The van der Waals surface area contributed by atoms with Gasteiger partial charge < -0.3 is 14.2 Å². The van der Waals surface area contributed by atoms with Crippen LogP contribution in [0.1, 0.15) is 36.5 Å². The first-order valence-corrected chi connectivity index (χ1v) is 8.59. The molecule has 0 bridgehead atoms. The molecule has 1 heterocycles. The minimum absolute atomic E-state index is 0.256. The summed E-state index contributed by atoms with van der Waals surface area (Å²) in [7, 11) is 0. The highest BCUT2D eigenvalue weighted by molar-refractivity contribution is 5.84. The molecular formula is C22H22O4. The van der Waals surface area contributed by atoms with Crippen molar-refractivity contribution < 1.29 is 19.0 Å². The minimum atomic E-state index is -0.396. The van der Waals surface area contributed by atoms with Crippen molar-refractivity contribution in [2.24, 2.45) is 0 Å². The summed E-state index contributed by atoms with van der Waals surface area (Å²) in [5.74, 6) is 1.99. The lowest BCUT2D eigenvalue weighted by Crippen LogP contribution is -2.06. The van der Waals surface area contributed by atoms with Crippen LogP contribution in [-0.2, 0) is 4.79 Å². The van der Waals surface area contributed by atoms with Crippen LogP contribution in [0.25, 0.3) is 6.08 Å². The topological polar surface area (TPSA) is 44.8 Å². The van der Waals surface area contributed by atoms with Gasteiger partial charge in [0.1, 0.15) is 5.75 Å². The predicted octanol–water partition coefficient (Wildman–Crippen LogP) is 5.02. The van der Waals surface area contributed by atoms with Crippen LogP contribution in [-0.4, -0.2) is 12.8 Å². The normalized spacial score (nSPS) is 13.1. The SMILES string of the molecule is Cc1ccc(C(C)C)c(OC(=O)C=CC=Cc2ccc3c(c2)OCO3)c1. The summed E-state index contributed by atoms with van der Waals surface area (Å²) in [6.45, 7) is 6.38. The molecule has 1 aliphatic rings. The summed E-state index contributed by atoms with van der Waals surface area (Å²) in [6.07, 6.45) is 6.75. The second kappa shape index (κ2) is 7.91. The molecule has 1 aliphatic heterocycles. The van der Waals surface area contributed by atoms with Gasteiger partial charge in [-0.3, -0.25) is 0 Å². The molecule has 0 unspecified atom stereocenters. The molecule has 4 nitrogen and oxygen atoms in total. The number of carbonyl (C=O) groups excluding carboxylic acids is 1. The molecule has 0 aliphatic carbocycles. The first kappa shape index (κ1) is 17.8. The van der Waals surface area contributed by atoms with Crippen LogP contribution in [0.3, 0.4) is 0 Å². The van der Waals surface area contributed by atoms with E-state index in [9.17, 15) is 4.79 Å². The van der Waals surface area contributed by atoms with Crippen molar-refractivity contribution in [3.8, 4) is 17.2 Å². The third kappa shape index (κ3) is 4.33. The van der Waals surface area contributed by atoms with Crippen LogP contribution in [0, 0.1) is 6.92 Å². The lowest BCUT2D eigenvalue weighted by Gasteiger charge is -2.12. The van der Waals surface area contributed by atoms with Gasteiger partial charge in [0.05, 0.1) is 0 Å². The van der Waals surface area contributed by atoms with Gasteiger partial charge in [-0.2, -0.15) is 0 Å². The second-order valence-corrected chi connectivity index (χ2v) is 6.45. The first-order chi connectivity index (χ1) is 12.5. The fraction of sp³-hybridized carbons (Fsp3) is 0.227. The molecule has 26 heavy (non-hydrogen) atoms. The molecule has 4 heteroatoms. The van der Waals surface area contributed by atoms with Gasteiger partial charge in [-0.25, -0.2) is 4.79 Å². The third-order valence-electron chi connectivity index (χ3n) is 4.03. The summed E-state index contributed by atoms with van der Waals surface area (Å²) in [6, 6.07) is 11.6. The highest BCUT2D eigenvalue weighted by atomic mass is 16.7. The van der Waals surface area contributed by atoms with E-state index >= 15 is 0 Å². The number of aryl methyl sites for hydroxylation is 1. The molecule has 0 saturated heterocycles. The number of carbonyl (C=O) groups is 1. The van der Waals surface area contributed by atoms with Crippen molar-refractivity contribution in [3.63, 3.8) is 0 Å². The standard InChI is InChI=1S/C22H22O4/c1-15(2)18-10-8-16(3)12-20(18)26-22(23)7-5-4-6-17-9-11-19-21(13-17)25-14-24-19/h4-13,15H,14H2,1-3H3. The molecule has 134 valence electrons. The number of hydrogen-bond acceptors (Lipinski definition) is 4. The quantitative estimate of drug-likeness (QED) is 0.329. The van der Waals surface area contributed by atoms with Crippen LogP contribution in [0.2, 0.25) is 0 Å². The molecule has 3 rings (SSSR count). The van der Waals surface area contributed by atoms with E-state index in [1.165, 1.54) is 6.08 Å². The maximum absolute atomic E-state index is 12.1. The van der Waals surface area contributed by atoms with E-state index in [0.717, 1.165) is 28.2 Å². The predicted molar refractivity (Wildman–Crippen MR) is 102 cm³/mol. The van der Waals surface area contributed by atoms with Gasteiger partial charge in [-0.05, 0) is 47.7 Å². The highest BCUT2D eigenvalue weighted by Crippen LogP contribution is 2.32. The molecule has 0 fully saturated rings. The number of allylic oxidation sites excluding steroid dienone is 2. The van der Waals surface area contributed by atoms with E-state index in [2.05, 4.69) is 13.8 Å². The Morgan fingerprint density at radius 2 is 1.88 bits per heavy atom. The lowest BCUT2D eigenvalue weighted by molar-refractivity contribution is -0.129. The Hall–Kier alpha value is -3.01. The number of benzene rings is 2. The van der Waals surface area contributed by atoms with Gasteiger partial charge in [0, 0.05) is 6.08 Å². The Balaban J connectivity index is 1.62. The summed E-state index contributed by atoms with van der Waals surface area (Å²) in [5, 5.41) is 0. The Labute approximate surface area is 153 Å². The van der Waals surface area contributed by atoms with Crippen molar-refractivity contribution in [2.45, 2.75) is 26.7 Å². The van der Waals surface area contributed by atoms with Gasteiger partial charge in [-0.1, -0.05) is 50.3 Å². The van der Waals surface area contributed by atoms with Crippen LogP contribution in [0.15, 0.2) is 54.6 Å². The van der Waals surface area contributed by atoms with Crippen LogP contribution >= 0.6 is 0 Å². The van der Waals surface area contributed by atoms with Crippen LogP contribution in [0.4, 0.5) is 0 Å². The maximum Gasteiger partial charge on any atom is 0.336 e. The molecule has 0 aromatic heterocycles. The van der Waals surface area contributed by atoms with Crippen molar-refractivity contribution in [3.05, 3.63) is 71.3 Å². The number of rotatable bonds is 5. The summed E-state index contributed by atoms with van der Waals surface area (Å²) in [5.41, 5.74) is 3.05. The van der Waals surface area contributed by atoms with Crippen molar-refractivity contribution in [1.82, 2.24) is 0 Å². The first-order valence-electron chi connectivity index (χ1n) is 8.59. The number of hydrogen-bond donors (Lipinski definition) is 0. The van der Waals surface area contributed by atoms with Crippen LogP contribution in [0.5, 0.6) is 17.2 Å². The third-order valence-corrected chi connectivity index (χ3v) is 4.03. The lowest BCUT2D eigenvalue weighted by atomic mass is 10.0. The second-order valence-electron chi connectivity index (χ2n) is 6.45. The summed E-state index contributed by atoms with van der Waals surface area (Å²) < 4.78 is 16.1. The van der Waals surface area contributed by atoms with Gasteiger partial charge in [0.25, 0.3) is 0 Å². The Kier molecular flexibility index (Phi) is 5.42. The zero-order valence-corrected chi connectivity index (χ0v) is 15.2. The zero-order valence-electron chi connectivity index (χ0n) is 15.2. The molecule has 2 aromatic carbocycles. The fourth-order valence-corrected chi connectivity index (χ4v) is 2.67. The summed E-state index contributed by atoms with van der Waals surface area (Å²) >= 11 is 0. The monoisotopic (exact) mass is 350 g/mol. The molecule has 0 radical (unpaired) electrons. The molecule has 0 N–H and O–H groups in total. The molecular weight excluding hydrogens is 328 g/mol. The van der Waals surface area contributed by atoms with Crippen molar-refractivity contribution in [1.29, 1.82) is 0 Å². The largest absolute Gasteiger partial charge is 0.454 e. The Morgan fingerprint density at radius 1 is 1.08 bits per heavy atom. The average molecular weight is 350 g/mol. The maximum atomic E-state index is 12.1. The number of esters is 1. The Morgan fingerprint density at radius 3 is 2.69 bits per heavy atom. The van der Waals surface area contributed by atoms with E-state index in [4.69, 9.17) is 14.2 Å². The zero-order chi connectivity index (χ0) is 18.5. The van der Waals surface area contributed by atoms with Gasteiger partial charge in [-0.15, -0.1) is 0 Å². The minimum Gasteiger partial charge on any atom is -0.454 e. The van der Waals surface area contributed by atoms with Gasteiger partial charge in [0.2, 0.25) is 6.79 Å². The van der Waals surface area contributed by atoms with Crippen molar-refractivity contribution >= 4 is 12.0 Å². The molecule has 0 atom stereocenters. The number of ether oxygens (including phenoxy) is 3. The molecule has 0 saturated carbocycles. The van der Waals surface area contributed by atoms with Crippen LogP contribution < -0.4 is 14.2 Å². The van der Waals surface area contributed by atoms with Gasteiger partial charge >= 0.3 is 5.97 Å². The average Bonchev–Trinajstić information content (AvgIpc) is 3.06. The smallest absolute Gasteiger partial charge is 0.336 e. The van der Waals surface area contributed by atoms with E-state index in [1.807, 2.05) is 49.4 Å². The summed E-state index contributed by atoms with van der Waals surface area (Å²) in [4.78, 5) is 12.1. The van der Waals surface area contributed by atoms with E-state index in [0.29, 0.717) is 5.75 Å². The molecule has 0 amide bonds. The number of fused-ring (bicyclic) bond motifs is 1.